The van der Waals surface area contributed by atoms with Gasteiger partial charge in [-0.1, -0.05) is 29.8 Å². The molecule has 1 aromatic rings. The molecule has 0 spiro atoms. The highest BCUT2D eigenvalue weighted by molar-refractivity contribution is 5.21. The van der Waals surface area contributed by atoms with Crippen LogP contribution in [0.5, 0.6) is 0 Å². The number of rotatable bonds is 4. The van der Waals surface area contributed by atoms with Crippen LogP contribution in [0.15, 0.2) is 24.3 Å². The van der Waals surface area contributed by atoms with Crippen molar-refractivity contribution in [1.82, 2.24) is 5.32 Å². The van der Waals surface area contributed by atoms with E-state index in [0.29, 0.717) is 6.67 Å². The van der Waals surface area contributed by atoms with Crippen LogP contribution in [0.4, 0.5) is 0 Å². The fraction of sp³-hybridized carbons (Fsp3) is 0.400. The Morgan fingerprint density at radius 2 is 1.92 bits per heavy atom. The van der Waals surface area contributed by atoms with E-state index in [2.05, 4.69) is 36.5 Å². The zero-order chi connectivity index (χ0) is 8.81. The first-order valence-corrected chi connectivity index (χ1v) is 4.29. The van der Waals surface area contributed by atoms with Crippen molar-refractivity contribution in [2.75, 3.05) is 13.2 Å². The van der Waals surface area contributed by atoms with Gasteiger partial charge >= 0.3 is 0 Å². The van der Waals surface area contributed by atoms with E-state index in [9.17, 15) is 0 Å². The number of hydrogen-bond acceptors (Lipinski definition) is 2. The molecule has 12 heavy (non-hydrogen) atoms. The third-order valence-electron chi connectivity index (χ3n) is 1.86. The summed E-state index contributed by atoms with van der Waals surface area (Å²) < 4.78 is 0. The van der Waals surface area contributed by atoms with Gasteiger partial charge in [-0.15, -0.1) is 0 Å². The molecule has 3 N–H and O–H groups in total. The predicted molar refractivity (Wildman–Crippen MR) is 51.9 cm³/mol. The van der Waals surface area contributed by atoms with E-state index in [1.54, 1.807) is 0 Å². The molecule has 0 heterocycles. The lowest BCUT2D eigenvalue weighted by atomic mass is 10.1. The molecule has 0 aromatic heterocycles. The minimum Gasteiger partial charge on any atom is -0.318 e. The van der Waals surface area contributed by atoms with Gasteiger partial charge in [0.25, 0.3) is 0 Å². The topological polar surface area (TPSA) is 38.0 Å². The van der Waals surface area contributed by atoms with Crippen molar-refractivity contribution in [2.45, 2.75) is 13.3 Å². The first kappa shape index (κ1) is 9.23. The maximum absolute atomic E-state index is 5.31. The van der Waals surface area contributed by atoms with E-state index >= 15 is 0 Å². The molecule has 1 aromatic carbocycles. The summed E-state index contributed by atoms with van der Waals surface area (Å²) in [5, 5.41) is 3.09. The summed E-state index contributed by atoms with van der Waals surface area (Å²) in [6.45, 7) is 3.62. The Bertz CT molecular complexity index is 216. The average molecular weight is 164 g/mol. The second-order valence-electron chi connectivity index (χ2n) is 2.94. The maximum atomic E-state index is 5.31. The third-order valence-corrected chi connectivity index (χ3v) is 1.86. The lowest BCUT2D eigenvalue weighted by molar-refractivity contribution is 0.701. The number of hydrogen-bond donors (Lipinski definition) is 2. The molecule has 0 saturated heterocycles. The Morgan fingerprint density at radius 3 is 2.50 bits per heavy atom. The Morgan fingerprint density at radius 1 is 1.25 bits per heavy atom. The van der Waals surface area contributed by atoms with Gasteiger partial charge in [-0.05, 0) is 18.9 Å². The van der Waals surface area contributed by atoms with Gasteiger partial charge in [0.1, 0.15) is 0 Å². The first-order chi connectivity index (χ1) is 5.83. The van der Waals surface area contributed by atoms with Crippen LogP contribution in [0.3, 0.4) is 0 Å². The summed E-state index contributed by atoms with van der Waals surface area (Å²) >= 11 is 0. The maximum Gasteiger partial charge on any atom is 0.0428 e. The van der Waals surface area contributed by atoms with Crippen LogP contribution < -0.4 is 11.1 Å². The van der Waals surface area contributed by atoms with Gasteiger partial charge in [-0.3, -0.25) is 0 Å². The third kappa shape index (κ3) is 3.03. The van der Waals surface area contributed by atoms with E-state index < -0.39 is 0 Å². The minimum atomic E-state index is 0.561. The fourth-order valence-corrected chi connectivity index (χ4v) is 1.09. The molecule has 0 fully saturated rings. The van der Waals surface area contributed by atoms with Crippen molar-refractivity contribution in [3.05, 3.63) is 35.4 Å². The number of nitrogens with one attached hydrogen (secondary N) is 1. The Balaban J connectivity index is 2.37. The van der Waals surface area contributed by atoms with Crippen molar-refractivity contribution in [1.29, 1.82) is 0 Å². The Kier molecular flexibility index (Phi) is 3.77. The fourth-order valence-electron chi connectivity index (χ4n) is 1.09. The molecule has 0 radical (unpaired) electrons. The molecule has 0 saturated carbocycles. The van der Waals surface area contributed by atoms with Crippen LogP contribution in [0.25, 0.3) is 0 Å². The van der Waals surface area contributed by atoms with Crippen LogP contribution in [-0.2, 0) is 6.42 Å². The Labute approximate surface area is 73.8 Å². The van der Waals surface area contributed by atoms with Gasteiger partial charge in [-0.2, -0.15) is 0 Å². The van der Waals surface area contributed by atoms with Crippen molar-refractivity contribution in [3.63, 3.8) is 0 Å². The highest BCUT2D eigenvalue weighted by Crippen LogP contribution is 2.02. The summed E-state index contributed by atoms with van der Waals surface area (Å²) in [6.07, 6.45) is 1.05. The van der Waals surface area contributed by atoms with E-state index in [1.807, 2.05) is 0 Å². The van der Waals surface area contributed by atoms with E-state index in [0.717, 1.165) is 13.0 Å². The number of benzene rings is 1. The standard InChI is InChI=1S/C10H16N2/c1-9-2-4-10(5-3-9)6-7-12-8-11/h2-5,12H,6-8,11H2,1H3. The van der Waals surface area contributed by atoms with Crippen LogP contribution >= 0.6 is 0 Å². The van der Waals surface area contributed by atoms with Crippen molar-refractivity contribution < 1.29 is 0 Å². The SMILES string of the molecule is Cc1ccc(CCNCN)cc1. The van der Waals surface area contributed by atoms with E-state index in [-0.39, 0.29) is 0 Å². The summed E-state index contributed by atoms with van der Waals surface area (Å²) in [7, 11) is 0. The normalized spacial score (nSPS) is 10.2. The average Bonchev–Trinajstić information content (AvgIpc) is 2.09. The molecule has 2 nitrogen and oxygen atoms in total. The quantitative estimate of drug-likeness (QED) is 0.515. The van der Waals surface area contributed by atoms with Gasteiger partial charge in [-0.25, -0.2) is 0 Å². The molecule has 66 valence electrons. The van der Waals surface area contributed by atoms with Crippen molar-refractivity contribution in [3.8, 4) is 0 Å². The predicted octanol–water partition coefficient (Wildman–Crippen LogP) is 1.04. The van der Waals surface area contributed by atoms with Crippen LogP contribution in [0.1, 0.15) is 11.1 Å². The van der Waals surface area contributed by atoms with Crippen LogP contribution in [-0.4, -0.2) is 13.2 Å². The van der Waals surface area contributed by atoms with Gasteiger partial charge in [0, 0.05) is 13.2 Å². The summed E-state index contributed by atoms with van der Waals surface area (Å²) in [6, 6.07) is 8.59. The van der Waals surface area contributed by atoms with Gasteiger partial charge in [0.05, 0.1) is 0 Å². The molecule has 0 aliphatic carbocycles. The summed E-state index contributed by atoms with van der Waals surface area (Å²) in [4.78, 5) is 0. The van der Waals surface area contributed by atoms with Gasteiger partial charge < -0.3 is 11.1 Å². The van der Waals surface area contributed by atoms with Crippen molar-refractivity contribution in [2.24, 2.45) is 5.73 Å². The lowest BCUT2D eigenvalue weighted by Crippen LogP contribution is -2.24. The lowest BCUT2D eigenvalue weighted by Gasteiger charge is -2.01. The molecule has 0 aliphatic heterocycles. The highest BCUT2D eigenvalue weighted by Gasteiger charge is 1.90. The molecular formula is C10H16N2. The van der Waals surface area contributed by atoms with E-state index in [4.69, 9.17) is 5.73 Å². The number of aryl methyl sites for hydroxylation is 1. The van der Waals surface area contributed by atoms with Crippen LogP contribution in [0.2, 0.25) is 0 Å². The molecule has 0 atom stereocenters. The monoisotopic (exact) mass is 164 g/mol. The van der Waals surface area contributed by atoms with E-state index in [1.165, 1.54) is 11.1 Å². The first-order valence-electron chi connectivity index (χ1n) is 4.29. The summed E-state index contributed by atoms with van der Waals surface area (Å²) in [5.41, 5.74) is 7.98. The highest BCUT2D eigenvalue weighted by atomic mass is 14.9. The zero-order valence-electron chi connectivity index (χ0n) is 7.51. The largest absolute Gasteiger partial charge is 0.318 e. The molecule has 0 bridgehead atoms. The van der Waals surface area contributed by atoms with Gasteiger partial charge in [0.2, 0.25) is 0 Å². The molecule has 0 unspecified atom stereocenters. The summed E-state index contributed by atoms with van der Waals surface area (Å²) in [5.74, 6) is 0. The molecular weight excluding hydrogens is 148 g/mol. The zero-order valence-corrected chi connectivity index (χ0v) is 7.51. The van der Waals surface area contributed by atoms with Crippen LogP contribution in [0, 0.1) is 6.92 Å². The molecule has 2 heteroatoms. The second-order valence-corrected chi connectivity index (χ2v) is 2.94. The van der Waals surface area contributed by atoms with Crippen molar-refractivity contribution >= 4 is 0 Å². The smallest absolute Gasteiger partial charge is 0.0428 e. The molecule has 0 aliphatic rings. The molecule has 1 rings (SSSR count). The second kappa shape index (κ2) is 4.91. The Hall–Kier alpha value is -0.860. The number of nitrogens with two attached hydrogens (primary N) is 1. The minimum absolute atomic E-state index is 0.561. The van der Waals surface area contributed by atoms with Gasteiger partial charge in [0.15, 0.2) is 0 Å². The molecule has 0 amide bonds.